The Labute approximate surface area is 108 Å². The number of primary amides is 1. The number of hydrogen-bond donors (Lipinski definition) is 3. The van der Waals surface area contributed by atoms with Crippen molar-refractivity contribution in [1.82, 2.24) is 4.98 Å². The number of hydrogen-bond acceptors (Lipinski definition) is 4. The van der Waals surface area contributed by atoms with E-state index < -0.39 is 0 Å². The second kappa shape index (κ2) is 6.23. The molecule has 1 amide bonds. The summed E-state index contributed by atoms with van der Waals surface area (Å²) in [5.74, 6) is 0.516. The van der Waals surface area contributed by atoms with E-state index >= 15 is 0 Å². The van der Waals surface area contributed by atoms with Gasteiger partial charge >= 0.3 is 0 Å². The Morgan fingerprint density at radius 1 is 1.50 bits per heavy atom. The van der Waals surface area contributed by atoms with Crippen molar-refractivity contribution < 1.29 is 4.79 Å². The zero-order chi connectivity index (χ0) is 13.6. The van der Waals surface area contributed by atoms with E-state index in [4.69, 9.17) is 5.73 Å². The first-order valence-electron chi connectivity index (χ1n) is 6.19. The number of carbonyl (C=O) groups is 1. The van der Waals surface area contributed by atoms with Gasteiger partial charge in [0.25, 0.3) is 0 Å². The van der Waals surface area contributed by atoms with E-state index in [9.17, 15) is 4.79 Å². The lowest BCUT2D eigenvalue weighted by Crippen LogP contribution is -2.36. The van der Waals surface area contributed by atoms with Gasteiger partial charge in [-0.1, -0.05) is 6.92 Å². The molecule has 0 bridgehead atoms. The Morgan fingerprint density at radius 3 is 2.83 bits per heavy atom. The Morgan fingerprint density at radius 2 is 2.22 bits per heavy atom. The van der Waals surface area contributed by atoms with E-state index in [1.807, 2.05) is 26.0 Å². The molecule has 0 saturated carbocycles. The molecule has 0 radical (unpaired) electrons. The Kier molecular flexibility index (Phi) is 4.95. The molecule has 0 aromatic carbocycles. The number of nitrogens with zero attached hydrogens (tertiary/aromatic N) is 1. The van der Waals surface area contributed by atoms with Crippen molar-refractivity contribution in [2.45, 2.75) is 39.2 Å². The minimum absolute atomic E-state index is 0.285. The van der Waals surface area contributed by atoms with Gasteiger partial charge in [-0.25, -0.2) is 4.98 Å². The molecule has 0 unspecified atom stereocenters. The van der Waals surface area contributed by atoms with Crippen LogP contribution in [0, 0.1) is 0 Å². The number of nitrogens with one attached hydrogen (secondary N) is 2. The van der Waals surface area contributed by atoms with Crippen LogP contribution in [0.5, 0.6) is 0 Å². The van der Waals surface area contributed by atoms with E-state index in [0.717, 1.165) is 24.5 Å². The summed E-state index contributed by atoms with van der Waals surface area (Å²) in [6.07, 6.45) is 3.07. The lowest BCUT2D eigenvalue weighted by atomic mass is 10.00. The number of anilines is 2. The first kappa shape index (κ1) is 14.3. The van der Waals surface area contributed by atoms with Gasteiger partial charge in [0.15, 0.2) is 0 Å². The minimum Gasteiger partial charge on any atom is -0.379 e. The molecule has 18 heavy (non-hydrogen) atoms. The fourth-order valence-electron chi connectivity index (χ4n) is 1.73. The summed E-state index contributed by atoms with van der Waals surface area (Å²) < 4.78 is 0. The van der Waals surface area contributed by atoms with Gasteiger partial charge in [-0.3, -0.25) is 4.79 Å². The summed E-state index contributed by atoms with van der Waals surface area (Å²) >= 11 is 0. The SMILES string of the molecule is CCCNc1cc(NC(C)(C)CC(N)=O)ccn1. The van der Waals surface area contributed by atoms with E-state index in [-0.39, 0.29) is 17.9 Å². The third-order valence-corrected chi connectivity index (χ3v) is 2.41. The molecule has 5 nitrogen and oxygen atoms in total. The third kappa shape index (κ3) is 5.03. The molecule has 0 atom stereocenters. The highest BCUT2D eigenvalue weighted by Gasteiger charge is 2.20. The van der Waals surface area contributed by atoms with Crippen molar-refractivity contribution in [2.75, 3.05) is 17.2 Å². The summed E-state index contributed by atoms with van der Waals surface area (Å²) in [6, 6.07) is 3.80. The maximum absolute atomic E-state index is 11.0. The largest absolute Gasteiger partial charge is 0.379 e. The Hall–Kier alpha value is -1.78. The highest BCUT2D eigenvalue weighted by atomic mass is 16.1. The molecule has 0 aliphatic carbocycles. The summed E-state index contributed by atoms with van der Waals surface area (Å²) in [7, 11) is 0. The molecular weight excluding hydrogens is 228 g/mol. The lowest BCUT2D eigenvalue weighted by molar-refractivity contribution is -0.118. The average molecular weight is 250 g/mol. The number of carbonyl (C=O) groups excluding carboxylic acids is 1. The Bertz CT molecular complexity index is 404. The standard InChI is InChI=1S/C13H22N4O/c1-4-6-15-12-8-10(5-7-16-12)17-13(2,3)9-11(14)18/h5,7-8H,4,6,9H2,1-3H3,(H2,14,18)(H2,15,16,17). The molecule has 1 aromatic heterocycles. The number of nitrogens with two attached hydrogens (primary N) is 1. The quantitative estimate of drug-likeness (QED) is 0.691. The van der Waals surface area contributed by atoms with Crippen molar-refractivity contribution in [1.29, 1.82) is 0 Å². The first-order valence-corrected chi connectivity index (χ1v) is 6.19. The number of rotatable bonds is 7. The van der Waals surface area contributed by atoms with Gasteiger partial charge in [-0.2, -0.15) is 0 Å². The van der Waals surface area contributed by atoms with Crippen LogP contribution in [-0.2, 0) is 4.79 Å². The van der Waals surface area contributed by atoms with E-state index in [1.54, 1.807) is 6.20 Å². The molecule has 0 fully saturated rings. The molecule has 1 aromatic rings. The van der Waals surface area contributed by atoms with E-state index in [2.05, 4.69) is 22.5 Å². The fraction of sp³-hybridized carbons (Fsp3) is 0.538. The van der Waals surface area contributed by atoms with Gasteiger partial charge < -0.3 is 16.4 Å². The van der Waals surface area contributed by atoms with E-state index in [1.165, 1.54) is 0 Å². The van der Waals surface area contributed by atoms with Gasteiger partial charge in [0.1, 0.15) is 5.82 Å². The van der Waals surface area contributed by atoms with Crippen LogP contribution in [0.4, 0.5) is 11.5 Å². The molecular formula is C13H22N4O. The van der Waals surface area contributed by atoms with Gasteiger partial charge in [0.2, 0.25) is 5.91 Å². The number of amides is 1. The highest BCUT2D eigenvalue weighted by molar-refractivity contribution is 5.75. The van der Waals surface area contributed by atoms with Gasteiger partial charge in [0.05, 0.1) is 0 Å². The molecule has 5 heteroatoms. The second-order valence-electron chi connectivity index (χ2n) is 5.01. The first-order chi connectivity index (χ1) is 8.43. The number of pyridine rings is 1. The second-order valence-corrected chi connectivity index (χ2v) is 5.01. The average Bonchev–Trinajstić information content (AvgIpc) is 2.24. The van der Waals surface area contributed by atoms with Crippen LogP contribution in [-0.4, -0.2) is 23.0 Å². The van der Waals surface area contributed by atoms with Crippen molar-refractivity contribution in [2.24, 2.45) is 5.73 Å². The summed E-state index contributed by atoms with van der Waals surface area (Å²) in [6.45, 7) is 6.88. The van der Waals surface area contributed by atoms with Gasteiger partial charge in [0, 0.05) is 36.5 Å². The van der Waals surface area contributed by atoms with E-state index in [0.29, 0.717) is 0 Å². The molecule has 0 saturated heterocycles. The van der Waals surface area contributed by atoms with Crippen LogP contribution < -0.4 is 16.4 Å². The monoisotopic (exact) mass is 250 g/mol. The molecule has 100 valence electrons. The van der Waals surface area contributed by atoms with Crippen LogP contribution in [0.25, 0.3) is 0 Å². The molecule has 1 heterocycles. The Balaban J connectivity index is 2.69. The van der Waals surface area contributed by atoms with Crippen LogP contribution >= 0.6 is 0 Å². The fourth-order valence-corrected chi connectivity index (χ4v) is 1.73. The van der Waals surface area contributed by atoms with Crippen LogP contribution in [0.15, 0.2) is 18.3 Å². The minimum atomic E-state index is -0.366. The summed E-state index contributed by atoms with van der Waals surface area (Å²) in [5, 5.41) is 6.50. The molecule has 0 aliphatic rings. The topological polar surface area (TPSA) is 80.0 Å². The zero-order valence-electron chi connectivity index (χ0n) is 11.3. The van der Waals surface area contributed by atoms with Gasteiger partial charge in [-0.15, -0.1) is 0 Å². The van der Waals surface area contributed by atoms with Crippen LogP contribution in [0.1, 0.15) is 33.6 Å². The van der Waals surface area contributed by atoms with Crippen LogP contribution in [0.3, 0.4) is 0 Å². The van der Waals surface area contributed by atoms with Crippen molar-refractivity contribution in [3.63, 3.8) is 0 Å². The molecule has 0 spiro atoms. The van der Waals surface area contributed by atoms with Crippen molar-refractivity contribution in [3.05, 3.63) is 18.3 Å². The molecule has 4 N–H and O–H groups in total. The maximum Gasteiger partial charge on any atom is 0.219 e. The normalized spacial score (nSPS) is 11.1. The third-order valence-electron chi connectivity index (χ3n) is 2.41. The molecule has 1 rings (SSSR count). The lowest BCUT2D eigenvalue weighted by Gasteiger charge is -2.26. The highest BCUT2D eigenvalue weighted by Crippen LogP contribution is 2.19. The summed E-state index contributed by atoms with van der Waals surface area (Å²) in [4.78, 5) is 15.2. The van der Waals surface area contributed by atoms with Gasteiger partial charge in [-0.05, 0) is 26.3 Å². The number of aromatic nitrogens is 1. The molecule has 0 aliphatic heterocycles. The van der Waals surface area contributed by atoms with Crippen molar-refractivity contribution >= 4 is 17.4 Å². The summed E-state index contributed by atoms with van der Waals surface area (Å²) in [5.41, 5.74) is 5.78. The smallest absolute Gasteiger partial charge is 0.219 e. The van der Waals surface area contributed by atoms with Crippen molar-refractivity contribution in [3.8, 4) is 0 Å². The predicted molar refractivity (Wildman–Crippen MR) is 74.5 cm³/mol. The zero-order valence-corrected chi connectivity index (χ0v) is 11.3. The van der Waals surface area contributed by atoms with Crippen LogP contribution in [0.2, 0.25) is 0 Å². The maximum atomic E-state index is 11.0. The predicted octanol–water partition coefficient (Wildman–Crippen LogP) is 1.97.